The maximum Gasteiger partial charge on any atom is 0.123 e. The molecule has 0 aliphatic carbocycles. The van der Waals surface area contributed by atoms with Gasteiger partial charge in [-0.15, -0.1) is 0 Å². The molecule has 0 fully saturated rings. The van der Waals surface area contributed by atoms with Gasteiger partial charge in [-0.2, -0.15) is 0 Å². The third-order valence-electron chi connectivity index (χ3n) is 6.24. The number of rotatable bonds is 3. The second kappa shape index (κ2) is 8.01. The van der Waals surface area contributed by atoms with Crippen LogP contribution < -0.4 is 0 Å². The molecule has 2 aromatic carbocycles. The van der Waals surface area contributed by atoms with E-state index < -0.39 is 0 Å². The van der Waals surface area contributed by atoms with E-state index in [2.05, 4.69) is 104 Å². The minimum Gasteiger partial charge on any atom is -0.507 e. The zero-order valence-electron chi connectivity index (χ0n) is 19.4. The molecule has 0 amide bonds. The van der Waals surface area contributed by atoms with Crippen molar-refractivity contribution in [2.75, 3.05) is 0 Å². The predicted molar refractivity (Wildman–Crippen MR) is 131 cm³/mol. The molecule has 2 heteroatoms. The summed E-state index contributed by atoms with van der Waals surface area (Å²) in [6.45, 7) is 22.1. The van der Waals surface area contributed by atoms with E-state index in [-0.39, 0.29) is 10.8 Å². The van der Waals surface area contributed by atoms with Crippen molar-refractivity contribution in [3.05, 3.63) is 62.2 Å². The van der Waals surface area contributed by atoms with Gasteiger partial charge in [-0.05, 0) is 95.0 Å². The summed E-state index contributed by atoms with van der Waals surface area (Å²) in [6.07, 6.45) is 0.910. The standard InChI is InChI=1S/C26H37IO/c1-15-17(3)21(14-27)18(4)16(2)20(15)11-19-12-22(25(5,6)7)24(28)23(13-19)26(8,9)10/h12-13,28H,11,14H2,1-10H3. The molecule has 0 atom stereocenters. The number of benzene rings is 2. The van der Waals surface area contributed by atoms with Crippen LogP contribution in [0.15, 0.2) is 12.1 Å². The van der Waals surface area contributed by atoms with Crippen LogP contribution in [0.3, 0.4) is 0 Å². The molecular formula is C26H37IO. The summed E-state index contributed by atoms with van der Waals surface area (Å²) < 4.78 is 1.05. The van der Waals surface area contributed by atoms with Crippen LogP contribution in [-0.4, -0.2) is 5.11 Å². The van der Waals surface area contributed by atoms with Crippen molar-refractivity contribution in [1.82, 2.24) is 0 Å². The van der Waals surface area contributed by atoms with Gasteiger partial charge >= 0.3 is 0 Å². The fourth-order valence-corrected chi connectivity index (χ4v) is 5.22. The van der Waals surface area contributed by atoms with Gasteiger partial charge in [-0.1, -0.05) is 76.3 Å². The van der Waals surface area contributed by atoms with Crippen LogP contribution >= 0.6 is 22.6 Å². The van der Waals surface area contributed by atoms with Gasteiger partial charge in [-0.3, -0.25) is 0 Å². The lowest BCUT2D eigenvalue weighted by atomic mass is 9.77. The van der Waals surface area contributed by atoms with E-state index in [0.29, 0.717) is 5.75 Å². The first-order valence-corrected chi connectivity index (χ1v) is 11.7. The molecule has 0 saturated heterocycles. The van der Waals surface area contributed by atoms with E-state index in [9.17, 15) is 5.11 Å². The third kappa shape index (κ3) is 4.42. The van der Waals surface area contributed by atoms with Gasteiger partial charge < -0.3 is 5.11 Å². The molecular weight excluding hydrogens is 455 g/mol. The third-order valence-corrected chi connectivity index (χ3v) is 7.00. The van der Waals surface area contributed by atoms with Gasteiger partial charge in [0.2, 0.25) is 0 Å². The van der Waals surface area contributed by atoms with Gasteiger partial charge in [0, 0.05) is 4.43 Å². The van der Waals surface area contributed by atoms with Gasteiger partial charge in [0.1, 0.15) is 5.75 Å². The Morgan fingerprint density at radius 3 is 1.39 bits per heavy atom. The lowest BCUT2D eigenvalue weighted by Crippen LogP contribution is -2.18. The Kier molecular flexibility index (Phi) is 6.65. The number of alkyl halides is 1. The highest BCUT2D eigenvalue weighted by Crippen LogP contribution is 2.40. The van der Waals surface area contributed by atoms with Gasteiger partial charge in [0.05, 0.1) is 0 Å². The monoisotopic (exact) mass is 492 g/mol. The summed E-state index contributed by atoms with van der Waals surface area (Å²) in [5.41, 5.74) is 11.8. The second-order valence-electron chi connectivity index (χ2n) is 10.3. The van der Waals surface area contributed by atoms with Crippen LogP contribution in [0.5, 0.6) is 5.75 Å². The molecule has 0 heterocycles. The Balaban J connectivity index is 2.72. The van der Waals surface area contributed by atoms with Crippen molar-refractivity contribution in [1.29, 1.82) is 0 Å². The van der Waals surface area contributed by atoms with Crippen LogP contribution in [0.4, 0.5) is 0 Å². The molecule has 0 spiro atoms. The summed E-state index contributed by atoms with van der Waals surface area (Å²) >= 11 is 2.48. The summed E-state index contributed by atoms with van der Waals surface area (Å²) in [5, 5.41) is 11.0. The Bertz CT molecular complexity index is 828. The molecule has 0 aliphatic heterocycles. The van der Waals surface area contributed by atoms with E-state index >= 15 is 0 Å². The Morgan fingerprint density at radius 2 is 1.07 bits per heavy atom. The summed E-state index contributed by atoms with van der Waals surface area (Å²) in [4.78, 5) is 0. The van der Waals surface area contributed by atoms with E-state index in [1.807, 2.05) is 0 Å². The molecule has 2 aromatic rings. The molecule has 0 saturated carbocycles. The molecule has 2 rings (SSSR count). The van der Waals surface area contributed by atoms with Crippen LogP contribution in [0, 0.1) is 27.7 Å². The molecule has 28 heavy (non-hydrogen) atoms. The zero-order chi connectivity index (χ0) is 21.6. The number of phenols is 1. The quantitative estimate of drug-likeness (QED) is 0.343. The van der Waals surface area contributed by atoms with Gasteiger partial charge in [0.15, 0.2) is 0 Å². The van der Waals surface area contributed by atoms with Crippen LogP contribution in [0.25, 0.3) is 0 Å². The lowest BCUT2D eigenvalue weighted by Gasteiger charge is -2.29. The number of hydrogen-bond acceptors (Lipinski definition) is 1. The fraction of sp³-hybridized carbons (Fsp3) is 0.538. The number of hydrogen-bond donors (Lipinski definition) is 1. The van der Waals surface area contributed by atoms with E-state index in [1.165, 1.54) is 38.9 Å². The molecule has 0 aromatic heterocycles. The van der Waals surface area contributed by atoms with E-state index in [0.717, 1.165) is 22.0 Å². The minimum atomic E-state index is -0.0961. The van der Waals surface area contributed by atoms with Crippen molar-refractivity contribution in [3.63, 3.8) is 0 Å². The maximum atomic E-state index is 11.0. The Morgan fingerprint density at radius 1 is 0.714 bits per heavy atom. The molecule has 1 nitrogen and oxygen atoms in total. The number of halogens is 1. The highest BCUT2D eigenvalue weighted by molar-refractivity contribution is 14.1. The number of phenolic OH excluding ortho intramolecular Hbond substituents is 1. The van der Waals surface area contributed by atoms with Crippen LogP contribution in [0.1, 0.15) is 91.6 Å². The lowest BCUT2D eigenvalue weighted by molar-refractivity contribution is 0.423. The predicted octanol–water partition coefficient (Wildman–Crippen LogP) is 7.75. The smallest absolute Gasteiger partial charge is 0.123 e. The summed E-state index contributed by atoms with van der Waals surface area (Å²) in [7, 11) is 0. The van der Waals surface area contributed by atoms with Crippen molar-refractivity contribution >= 4 is 22.6 Å². The number of aromatic hydroxyl groups is 1. The summed E-state index contributed by atoms with van der Waals surface area (Å²) in [5.74, 6) is 0.463. The topological polar surface area (TPSA) is 20.2 Å². The van der Waals surface area contributed by atoms with Crippen molar-refractivity contribution in [2.45, 2.75) is 90.9 Å². The molecule has 0 aliphatic rings. The first-order chi connectivity index (χ1) is 12.7. The normalized spacial score (nSPS) is 12.5. The van der Waals surface area contributed by atoms with Crippen LogP contribution in [-0.2, 0) is 21.7 Å². The average Bonchev–Trinajstić information content (AvgIpc) is 2.56. The Hall–Kier alpha value is -1.03. The van der Waals surface area contributed by atoms with Gasteiger partial charge in [-0.25, -0.2) is 0 Å². The zero-order valence-corrected chi connectivity index (χ0v) is 21.6. The fourth-order valence-electron chi connectivity index (χ4n) is 4.08. The second-order valence-corrected chi connectivity index (χ2v) is 11.1. The minimum absolute atomic E-state index is 0.0961. The first kappa shape index (κ1) is 23.3. The van der Waals surface area contributed by atoms with E-state index in [4.69, 9.17) is 0 Å². The molecule has 154 valence electrons. The Labute approximate surface area is 186 Å². The van der Waals surface area contributed by atoms with Crippen LogP contribution in [0.2, 0.25) is 0 Å². The average molecular weight is 492 g/mol. The largest absolute Gasteiger partial charge is 0.507 e. The maximum absolute atomic E-state index is 11.0. The molecule has 0 radical (unpaired) electrons. The molecule has 0 bridgehead atoms. The highest BCUT2D eigenvalue weighted by atomic mass is 127. The first-order valence-electron chi connectivity index (χ1n) is 10.2. The highest BCUT2D eigenvalue weighted by Gasteiger charge is 2.27. The SMILES string of the molecule is Cc1c(C)c(Cc2cc(C(C)(C)C)c(O)c(C(C)(C)C)c2)c(C)c(C)c1CI. The molecule has 0 unspecified atom stereocenters. The van der Waals surface area contributed by atoms with Crippen molar-refractivity contribution < 1.29 is 5.11 Å². The van der Waals surface area contributed by atoms with Crippen molar-refractivity contribution in [3.8, 4) is 5.75 Å². The van der Waals surface area contributed by atoms with Gasteiger partial charge in [0.25, 0.3) is 0 Å². The molecule has 1 N–H and O–H groups in total. The summed E-state index contributed by atoms with van der Waals surface area (Å²) in [6, 6.07) is 4.45. The van der Waals surface area contributed by atoms with E-state index in [1.54, 1.807) is 0 Å². The van der Waals surface area contributed by atoms with Crippen molar-refractivity contribution in [2.24, 2.45) is 0 Å².